The van der Waals surface area contributed by atoms with Gasteiger partial charge in [0.1, 0.15) is 11.0 Å². The Balaban J connectivity index is 1.60. The summed E-state index contributed by atoms with van der Waals surface area (Å²) in [6.07, 6.45) is 4.45. The van der Waals surface area contributed by atoms with Crippen molar-refractivity contribution in [2.45, 2.75) is 57.9 Å². The van der Waals surface area contributed by atoms with Crippen molar-refractivity contribution in [3.8, 4) is 0 Å². The number of halogens is 1. The Morgan fingerprint density at radius 1 is 1.27 bits per heavy atom. The molecule has 7 nitrogen and oxygen atoms in total. The molecule has 2 heterocycles. The second-order valence-electron chi connectivity index (χ2n) is 9.92. The summed E-state index contributed by atoms with van der Waals surface area (Å²) in [7, 11) is 1.82. The zero-order valence-corrected chi connectivity index (χ0v) is 20.0. The minimum atomic E-state index is -1.16. The number of aryl methyl sites for hydroxylation is 1. The lowest BCUT2D eigenvalue weighted by atomic mass is 9.34. The van der Waals surface area contributed by atoms with Crippen LogP contribution in [0, 0.1) is 12.3 Å². The number of aromatic nitrogens is 3. The normalized spacial score (nSPS) is 24.2. The maximum Gasteiger partial charge on any atom is 0.356 e. The van der Waals surface area contributed by atoms with Crippen LogP contribution in [0.15, 0.2) is 29.1 Å². The zero-order valence-electron chi connectivity index (χ0n) is 19.2. The average molecular weight is 467 g/mol. The number of hydrogen-bond donors (Lipinski definition) is 2. The summed E-state index contributed by atoms with van der Waals surface area (Å²) in [6.45, 7) is 6.11. The Labute approximate surface area is 196 Å². The van der Waals surface area contributed by atoms with Gasteiger partial charge in [0.15, 0.2) is 5.69 Å². The standard InChI is InChI=1S/C25H27ClN4O3/c1-5-24-10-25(11-24,12-24)23-29-19-15(8-13(2)9-16(19)21(31)30(23)4)14(3)27-17-6-7-18(26)28-20(17)22(32)33/h6-9,14,27H,5,10-12H2,1-4H3,(H,32,33)/t14-,24?,25?/m1/s1. The van der Waals surface area contributed by atoms with Gasteiger partial charge in [0, 0.05) is 18.0 Å². The summed E-state index contributed by atoms with van der Waals surface area (Å²) in [5.74, 6) is -0.295. The predicted molar refractivity (Wildman–Crippen MR) is 128 cm³/mol. The van der Waals surface area contributed by atoms with Crippen molar-refractivity contribution >= 4 is 34.2 Å². The predicted octanol–water partition coefficient (Wildman–Crippen LogP) is 4.99. The van der Waals surface area contributed by atoms with Gasteiger partial charge in [-0.3, -0.25) is 9.36 Å². The van der Waals surface area contributed by atoms with Gasteiger partial charge >= 0.3 is 5.97 Å². The molecular formula is C25H27ClN4O3. The third-order valence-corrected chi connectivity index (χ3v) is 7.83. The summed E-state index contributed by atoms with van der Waals surface area (Å²) in [4.78, 5) is 34.1. The monoisotopic (exact) mass is 466 g/mol. The molecule has 3 aromatic rings. The van der Waals surface area contributed by atoms with Crippen LogP contribution in [-0.2, 0) is 12.5 Å². The van der Waals surface area contributed by atoms with Crippen LogP contribution in [0.4, 0.5) is 5.69 Å². The van der Waals surface area contributed by atoms with Gasteiger partial charge in [-0.25, -0.2) is 14.8 Å². The van der Waals surface area contributed by atoms with Crippen molar-refractivity contribution in [1.29, 1.82) is 0 Å². The number of fused-ring (bicyclic) bond motifs is 1. The number of nitrogens with one attached hydrogen (secondary N) is 1. The van der Waals surface area contributed by atoms with Crippen LogP contribution < -0.4 is 10.9 Å². The van der Waals surface area contributed by atoms with Crippen molar-refractivity contribution in [2.75, 3.05) is 5.32 Å². The molecule has 33 heavy (non-hydrogen) atoms. The third-order valence-electron chi connectivity index (χ3n) is 7.62. The number of carboxylic acid groups (broad SMARTS) is 1. The smallest absolute Gasteiger partial charge is 0.356 e. The highest BCUT2D eigenvalue weighted by Crippen LogP contribution is 2.74. The van der Waals surface area contributed by atoms with E-state index in [-0.39, 0.29) is 27.9 Å². The third kappa shape index (κ3) is 3.24. The second kappa shape index (κ2) is 7.29. The number of aromatic carboxylic acids is 1. The Morgan fingerprint density at radius 3 is 2.61 bits per heavy atom. The first-order valence-corrected chi connectivity index (χ1v) is 11.6. The van der Waals surface area contributed by atoms with Gasteiger partial charge in [-0.05, 0) is 62.3 Å². The lowest BCUT2D eigenvalue weighted by molar-refractivity contribution is -0.149. The Hall–Kier alpha value is -2.93. The van der Waals surface area contributed by atoms with E-state index in [1.54, 1.807) is 16.7 Å². The molecule has 0 aliphatic heterocycles. The van der Waals surface area contributed by atoms with Crippen LogP contribution in [-0.4, -0.2) is 25.6 Å². The Bertz CT molecular complexity index is 1360. The fourth-order valence-corrected chi connectivity index (χ4v) is 6.14. The van der Waals surface area contributed by atoms with Crippen molar-refractivity contribution in [3.05, 3.63) is 62.4 Å². The molecule has 8 heteroatoms. The van der Waals surface area contributed by atoms with Crippen LogP contribution >= 0.6 is 11.6 Å². The first-order chi connectivity index (χ1) is 15.6. The molecule has 1 aromatic carbocycles. The van der Waals surface area contributed by atoms with E-state index in [1.807, 2.05) is 33.0 Å². The first-order valence-electron chi connectivity index (χ1n) is 11.3. The molecule has 2 bridgehead atoms. The van der Waals surface area contributed by atoms with E-state index >= 15 is 0 Å². The molecule has 172 valence electrons. The van der Waals surface area contributed by atoms with Crippen LogP contribution in [0.3, 0.4) is 0 Å². The van der Waals surface area contributed by atoms with Crippen molar-refractivity contribution in [2.24, 2.45) is 12.5 Å². The number of benzene rings is 1. The molecule has 0 saturated heterocycles. The van der Waals surface area contributed by atoms with Crippen molar-refractivity contribution < 1.29 is 9.90 Å². The summed E-state index contributed by atoms with van der Waals surface area (Å²) < 4.78 is 1.73. The number of anilines is 1. The Morgan fingerprint density at radius 2 is 1.97 bits per heavy atom. The van der Waals surface area contributed by atoms with E-state index in [1.165, 1.54) is 6.42 Å². The highest BCUT2D eigenvalue weighted by molar-refractivity contribution is 6.29. The molecule has 0 radical (unpaired) electrons. The molecule has 2 aromatic heterocycles. The topological polar surface area (TPSA) is 97.1 Å². The van der Waals surface area contributed by atoms with Gasteiger partial charge in [-0.1, -0.05) is 31.0 Å². The molecule has 3 aliphatic rings. The van der Waals surface area contributed by atoms with Gasteiger partial charge in [0.05, 0.1) is 22.6 Å². The average Bonchev–Trinajstić information content (AvgIpc) is 2.71. The number of nitrogens with zero attached hydrogens (tertiary/aromatic N) is 3. The van der Waals surface area contributed by atoms with Gasteiger partial charge in [0.25, 0.3) is 5.56 Å². The van der Waals surface area contributed by atoms with E-state index in [4.69, 9.17) is 16.6 Å². The zero-order chi connectivity index (χ0) is 23.7. The SMILES string of the molecule is CCC12CC(c3nc4c([C@@H](C)Nc5ccc(Cl)nc5C(=O)O)cc(C)cc4c(=O)n3C)(C1)C2. The van der Waals surface area contributed by atoms with E-state index in [2.05, 4.69) is 17.2 Å². The van der Waals surface area contributed by atoms with Gasteiger partial charge in [0.2, 0.25) is 0 Å². The van der Waals surface area contributed by atoms with E-state index in [0.717, 1.165) is 36.2 Å². The van der Waals surface area contributed by atoms with Crippen LogP contribution in [0.25, 0.3) is 10.9 Å². The minimum Gasteiger partial charge on any atom is -0.476 e. The lowest BCUT2D eigenvalue weighted by Crippen LogP contribution is -2.65. The fraction of sp³-hybridized carbons (Fsp3) is 0.440. The number of carbonyl (C=O) groups is 1. The molecule has 3 aliphatic carbocycles. The van der Waals surface area contributed by atoms with Crippen molar-refractivity contribution in [1.82, 2.24) is 14.5 Å². The summed E-state index contributed by atoms with van der Waals surface area (Å²) in [5.41, 5.74) is 3.10. The molecule has 1 atom stereocenters. The first kappa shape index (κ1) is 21.9. The van der Waals surface area contributed by atoms with E-state index < -0.39 is 5.97 Å². The number of hydrogen-bond acceptors (Lipinski definition) is 5. The van der Waals surface area contributed by atoms with Crippen LogP contribution in [0.5, 0.6) is 0 Å². The number of carboxylic acids is 1. The molecular weight excluding hydrogens is 440 g/mol. The molecule has 0 spiro atoms. The molecule has 3 fully saturated rings. The molecule has 2 N–H and O–H groups in total. The van der Waals surface area contributed by atoms with E-state index in [0.29, 0.717) is 22.0 Å². The largest absolute Gasteiger partial charge is 0.476 e. The minimum absolute atomic E-state index is 0.00745. The van der Waals surface area contributed by atoms with E-state index in [9.17, 15) is 14.7 Å². The Kier molecular flexibility index (Phi) is 4.83. The van der Waals surface area contributed by atoms with Gasteiger partial charge in [-0.2, -0.15) is 0 Å². The molecule has 3 saturated carbocycles. The van der Waals surface area contributed by atoms with Gasteiger partial charge < -0.3 is 10.4 Å². The summed E-state index contributed by atoms with van der Waals surface area (Å²) in [6, 6.07) is 6.74. The molecule has 0 unspecified atom stereocenters. The highest BCUT2D eigenvalue weighted by atomic mass is 35.5. The maximum absolute atomic E-state index is 13.4. The summed E-state index contributed by atoms with van der Waals surface area (Å²) in [5, 5.41) is 13.5. The lowest BCUT2D eigenvalue weighted by Gasteiger charge is -2.70. The quantitative estimate of drug-likeness (QED) is 0.496. The second-order valence-corrected chi connectivity index (χ2v) is 10.3. The molecule has 6 rings (SSSR count). The van der Waals surface area contributed by atoms with Gasteiger partial charge in [-0.15, -0.1) is 0 Å². The van der Waals surface area contributed by atoms with Crippen LogP contribution in [0.2, 0.25) is 5.15 Å². The van der Waals surface area contributed by atoms with Crippen LogP contribution in [0.1, 0.15) is 73.0 Å². The highest BCUT2D eigenvalue weighted by Gasteiger charge is 2.68. The number of rotatable bonds is 6. The van der Waals surface area contributed by atoms with Crippen molar-refractivity contribution in [3.63, 3.8) is 0 Å². The summed E-state index contributed by atoms with van der Waals surface area (Å²) >= 11 is 5.90. The fourth-order valence-electron chi connectivity index (χ4n) is 5.99. The maximum atomic E-state index is 13.4. The number of pyridine rings is 1. The molecule has 0 amide bonds.